The van der Waals surface area contributed by atoms with Gasteiger partial charge in [-0.3, -0.25) is 19.7 Å². The highest BCUT2D eigenvalue weighted by Crippen LogP contribution is 2.24. The van der Waals surface area contributed by atoms with Crippen LogP contribution in [0.25, 0.3) is 0 Å². The predicted octanol–water partition coefficient (Wildman–Crippen LogP) is 2.74. The third-order valence-electron chi connectivity index (χ3n) is 4.36. The van der Waals surface area contributed by atoms with Crippen LogP contribution in [0.2, 0.25) is 0 Å². The highest BCUT2D eigenvalue weighted by molar-refractivity contribution is 5.97. The molecule has 2 N–H and O–H groups in total. The number of para-hydroxylation sites is 1. The molecule has 0 radical (unpaired) electrons. The number of nitrogens with one attached hydrogen (secondary N) is 2. The van der Waals surface area contributed by atoms with E-state index in [1.165, 1.54) is 25.1 Å². The van der Waals surface area contributed by atoms with Crippen molar-refractivity contribution in [1.82, 2.24) is 5.32 Å². The first-order valence-corrected chi connectivity index (χ1v) is 9.15. The number of nitro groups is 1. The fourth-order valence-corrected chi connectivity index (χ4v) is 3.07. The van der Waals surface area contributed by atoms with Crippen molar-refractivity contribution in [2.24, 2.45) is 0 Å². The summed E-state index contributed by atoms with van der Waals surface area (Å²) < 4.78 is 4.85. The Hall–Kier alpha value is -3.75. The summed E-state index contributed by atoms with van der Waals surface area (Å²) in [5.74, 6) is -2.12. The van der Waals surface area contributed by atoms with Crippen molar-refractivity contribution in [2.45, 2.75) is 27.7 Å². The number of benzene rings is 2. The Morgan fingerprint density at radius 2 is 1.63 bits per heavy atom. The van der Waals surface area contributed by atoms with Crippen molar-refractivity contribution in [3.8, 4) is 0 Å². The molecule has 0 aromatic heterocycles. The van der Waals surface area contributed by atoms with Gasteiger partial charge in [-0.05, 0) is 44.9 Å². The molecule has 0 aliphatic rings. The standard InChI is InChI=1S/C21H23N3O6/c1-12-8-14(3)19(15(4)9-12)23-17(25)10-22-18(26)11-30-21(27)16-7-5-6-13(2)20(16)24(28)29/h5-9H,10-11H2,1-4H3,(H,22,26)(H,23,25). The number of aryl methyl sites for hydroxylation is 4. The molecule has 0 fully saturated rings. The molecular weight excluding hydrogens is 390 g/mol. The zero-order chi connectivity index (χ0) is 22.4. The van der Waals surface area contributed by atoms with Gasteiger partial charge in [0.15, 0.2) is 6.61 Å². The largest absolute Gasteiger partial charge is 0.452 e. The Kier molecular flexibility index (Phi) is 7.24. The highest BCUT2D eigenvalue weighted by Gasteiger charge is 2.24. The molecule has 30 heavy (non-hydrogen) atoms. The number of nitrogens with zero attached hydrogens (tertiary/aromatic N) is 1. The minimum Gasteiger partial charge on any atom is -0.452 e. The lowest BCUT2D eigenvalue weighted by Gasteiger charge is -2.13. The SMILES string of the molecule is Cc1cc(C)c(NC(=O)CNC(=O)COC(=O)c2cccc(C)c2[N+](=O)[O-])c(C)c1. The summed E-state index contributed by atoms with van der Waals surface area (Å²) in [6.45, 7) is 6.22. The van der Waals surface area contributed by atoms with Crippen molar-refractivity contribution >= 4 is 29.2 Å². The van der Waals surface area contributed by atoms with Crippen LogP contribution in [0.5, 0.6) is 0 Å². The van der Waals surface area contributed by atoms with Crippen LogP contribution in [0.3, 0.4) is 0 Å². The second kappa shape index (κ2) is 9.64. The molecule has 0 saturated carbocycles. The number of hydrogen-bond donors (Lipinski definition) is 2. The van der Waals surface area contributed by atoms with Gasteiger partial charge in [0.1, 0.15) is 5.56 Å². The van der Waals surface area contributed by atoms with Crippen molar-refractivity contribution in [3.63, 3.8) is 0 Å². The molecular formula is C21H23N3O6. The number of nitro benzene ring substituents is 1. The molecule has 0 aliphatic heterocycles. The number of ether oxygens (including phenoxy) is 1. The van der Waals surface area contributed by atoms with Crippen LogP contribution in [0.1, 0.15) is 32.6 Å². The molecule has 0 spiro atoms. The molecule has 2 amide bonds. The normalized spacial score (nSPS) is 10.3. The maximum Gasteiger partial charge on any atom is 0.345 e. The monoisotopic (exact) mass is 413 g/mol. The topological polar surface area (TPSA) is 128 Å². The molecule has 0 heterocycles. The quantitative estimate of drug-likeness (QED) is 0.408. The van der Waals surface area contributed by atoms with Gasteiger partial charge < -0.3 is 15.4 Å². The van der Waals surface area contributed by atoms with Gasteiger partial charge in [-0.1, -0.05) is 29.8 Å². The Morgan fingerprint density at radius 1 is 1.00 bits per heavy atom. The molecule has 158 valence electrons. The van der Waals surface area contributed by atoms with Crippen LogP contribution in [0.15, 0.2) is 30.3 Å². The average molecular weight is 413 g/mol. The molecule has 0 unspecified atom stereocenters. The summed E-state index contributed by atoms with van der Waals surface area (Å²) in [7, 11) is 0. The molecule has 2 rings (SSSR count). The molecule has 2 aromatic rings. The summed E-state index contributed by atoms with van der Waals surface area (Å²) in [5.41, 5.74) is 3.26. The van der Waals surface area contributed by atoms with Crippen molar-refractivity contribution < 1.29 is 24.0 Å². The maximum absolute atomic E-state index is 12.1. The molecule has 0 saturated heterocycles. The predicted molar refractivity (Wildman–Crippen MR) is 110 cm³/mol. The van der Waals surface area contributed by atoms with Crippen LogP contribution >= 0.6 is 0 Å². The van der Waals surface area contributed by atoms with Gasteiger partial charge in [0.2, 0.25) is 5.91 Å². The minimum atomic E-state index is -0.990. The van der Waals surface area contributed by atoms with E-state index in [-0.39, 0.29) is 17.8 Å². The fourth-order valence-electron chi connectivity index (χ4n) is 3.07. The maximum atomic E-state index is 12.1. The number of anilines is 1. The summed E-state index contributed by atoms with van der Waals surface area (Å²) in [6, 6.07) is 8.11. The lowest BCUT2D eigenvalue weighted by atomic mass is 10.1. The van der Waals surface area contributed by atoms with Crippen LogP contribution in [0.4, 0.5) is 11.4 Å². The van der Waals surface area contributed by atoms with Gasteiger partial charge in [-0.2, -0.15) is 0 Å². The number of amides is 2. The van der Waals surface area contributed by atoms with E-state index >= 15 is 0 Å². The first kappa shape index (κ1) is 22.5. The second-order valence-electron chi connectivity index (χ2n) is 6.90. The van der Waals surface area contributed by atoms with E-state index < -0.39 is 29.3 Å². The van der Waals surface area contributed by atoms with E-state index in [0.717, 1.165) is 16.7 Å². The van der Waals surface area contributed by atoms with Gasteiger partial charge in [-0.25, -0.2) is 4.79 Å². The van der Waals surface area contributed by atoms with Gasteiger partial charge in [0.25, 0.3) is 11.6 Å². The number of hydrogen-bond acceptors (Lipinski definition) is 6. The number of carbonyl (C=O) groups excluding carboxylic acids is 3. The third kappa shape index (κ3) is 5.63. The van der Waals surface area contributed by atoms with E-state index in [1.54, 1.807) is 0 Å². The van der Waals surface area contributed by atoms with Crippen LogP contribution in [0, 0.1) is 37.8 Å². The average Bonchev–Trinajstić information content (AvgIpc) is 2.66. The van der Waals surface area contributed by atoms with Gasteiger partial charge in [0.05, 0.1) is 11.5 Å². The van der Waals surface area contributed by atoms with Crippen molar-refractivity contribution in [2.75, 3.05) is 18.5 Å². The van der Waals surface area contributed by atoms with Crippen molar-refractivity contribution in [3.05, 3.63) is 68.3 Å². The van der Waals surface area contributed by atoms with E-state index in [0.29, 0.717) is 11.3 Å². The van der Waals surface area contributed by atoms with Crippen LogP contribution in [-0.4, -0.2) is 35.9 Å². The van der Waals surface area contributed by atoms with Gasteiger partial charge in [-0.15, -0.1) is 0 Å². The highest BCUT2D eigenvalue weighted by atomic mass is 16.6. The zero-order valence-electron chi connectivity index (χ0n) is 17.2. The van der Waals surface area contributed by atoms with E-state index in [2.05, 4.69) is 10.6 Å². The zero-order valence-corrected chi connectivity index (χ0v) is 17.2. The molecule has 0 aliphatic carbocycles. The van der Waals surface area contributed by atoms with Gasteiger partial charge >= 0.3 is 5.97 Å². The Labute approximate surface area is 173 Å². The fraction of sp³-hybridized carbons (Fsp3) is 0.286. The number of rotatable bonds is 7. The van der Waals surface area contributed by atoms with E-state index in [4.69, 9.17) is 4.74 Å². The van der Waals surface area contributed by atoms with Crippen molar-refractivity contribution in [1.29, 1.82) is 0 Å². The molecule has 2 aromatic carbocycles. The summed E-state index contributed by atoms with van der Waals surface area (Å²) >= 11 is 0. The smallest absolute Gasteiger partial charge is 0.345 e. The Balaban J connectivity index is 1.89. The number of esters is 1. The van der Waals surface area contributed by atoms with Gasteiger partial charge in [0, 0.05) is 11.3 Å². The lowest BCUT2D eigenvalue weighted by Crippen LogP contribution is -2.35. The van der Waals surface area contributed by atoms with E-state index in [1.807, 2.05) is 32.9 Å². The molecule has 0 bridgehead atoms. The van der Waals surface area contributed by atoms with Crippen LogP contribution in [-0.2, 0) is 14.3 Å². The molecule has 0 atom stereocenters. The summed E-state index contributed by atoms with van der Waals surface area (Å²) in [4.78, 5) is 46.6. The second-order valence-corrected chi connectivity index (χ2v) is 6.90. The van der Waals surface area contributed by atoms with E-state index in [9.17, 15) is 24.5 Å². The van der Waals surface area contributed by atoms with Crippen LogP contribution < -0.4 is 10.6 Å². The first-order valence-electron chi connectivity index (χ1n) is 9.15. The minimum absolute atomic E-state index is 0.240. The molecule has 9 heteroatoms. The summed E-state index contributed by atoms with van der Waals surface area (Å²) in [6.07, 6.45) is 0. The Morgan fingerprint density at radius 3 is 2.23 bits per heavy atom. The Bertz CT molecular complexity index is 993. The summed E-state index contributed by atoms with van der Waals surface area (Å²) in [5, 5.41) is 16.2. The third-order valence-corrected chi connectivity index (χ3v) is 4.36. The lowest BCUT2D eigenvalue weighted by molar-refractivity contribution is -0.385. The molecule has 9 nitrogen and oxygen atoms in total. The number of carbonyl (C=O) groups is 3. The first-order chi connectivity index (χ1) is 14.1.